The molecular weight excluding hydrogens is 296 g/mol. The van der Waals surface area contributed by atoms with Crippen LogP contribution in [0.2, 0.25) is 0 Å². The monoisotopic (exact) mass is 314 g/mol. The van der Waals surface area contributed by atoms with Gasteiger partial charge in [-0.15, -0.1) is 0 Å². The van der Waals surface area contributed by atoms with Gasteiger partial charge in [0.25, 0.3) is 5.91 Å². The number of nitro groups is 1. The number of hydrogen-bond acceptors (Lipinski definition) is 4. The molecule has 0 unspecified atom stereocenters. The molecule has 2 aromatic rings. The molecule has 2 rings (SSSR count). The maximum atomic E-state index is 12.2. The van der Waals surface area contributed by atoms with E-state index in [-0.39, 0.29) is 17.3 Å². The molecule has 6 heteroatoms. The first-order chi connectivity index (χ1) is 10.9. The first-order valence-electron chi connectivity index (χ1n) is 7.16. The van der Waals surface area contributed by atoms with Gasteiger partial charge in [-0.1, -0.05) is 26.0 Å². The molecule has 0 fully saturated rings. The Kier molecular flexibility index (Phi) is 4.95. The molecule has 6 nitrogen and oxygen atoms in total. The Labute approximate surface area is 134 Å². The number of carbonyl (C=O) groups excluding carboxylic acids is 1. The van der Waals surface area contributed by atoms with E-state index in [0.29, 0.717) is 17.2 Å². The zero-order valence-electron chi connectivity index (χ0n) is 13.2. The van der Waals surface area contributed by atoms with Crippen molar-refractivity contribution in [1.82, 2.24) is 0 Å². The number of nitrogens with zero attached hydrogens (tertiary/aromatic N) is 1. The maximum absolute atomic E-state index is 12.2. The van der Waals surface area contributed by atoms with Crippen LogP contribution in [0.1, 0.15) is 35.7 Å². The molecule has 120 valence electrons. The van der Waals surface area contributed by atoms with Gasteiger partial charge in [0.1, 0.15) is 0 Å². The molecule has 0 aromatic heterocycles. The lowest BCUT2D eigenvalue weighted by Gasteiger charge is -2.09. The molecule has 1 N–H and O–H groups in total. The van der Waals surface area contributed by atoms with Crippen molar-refractivity contribution in [2.24, 2.45) is 0 Å². The van der Waals surface area contributed by atoms with Gasteiger partial charge in [-0.3, -0.25) is 14.9 Å². The van der Waals surface area contributed by atoms with Gasteiger partial charge < -0.3 is 10.1 Å². The highest BCUT2D eigenvalue weighted by Gasteiger charge is 2.16. The van der Waals surface area contributed by atoms with Crippen molar-refractivity contribution in [2.45, 2.75) is 19.8 Å². The molecule has 0 atom stereocenters. The summed E-state index contributed by atoms with van der Waals surface area (Å²) in [6, 6.07) is 11.6. The SMILES string of the molecule is COc1ccc(NC(=O)c2ccc(C(C)C)cc2)cc1[N+](=O)[O-]. The Hall–Kier alpha value is -2.89. The average Bonchev–Trinajstić information content (AvgIpc) is 2.54. The molecular formula is C17H18N2O4. The van der Waals surface area contributed by atoms with Crippen molar-refractivity contribution >= 4 is 17.3 Å². The molecule has 0 aliphatic carbocycles. The number of benzene rings is 2. The Morgan fingerprint density at radius 2 is 1.83 bits per heavy atom. The summed E-state index contributed by atoms with van der Waals surface area (Å²) in [6.45, 7) is 4.15. The second-order valence-corrected chi connectivity index (χ2v) is 5.37. The van der Waals surface area contributed by atoms with E-state index in [1.807, 2.05) is 12.1 Å². The fraction of sp³-hybridized carbons (Fsp3) is 0.235. The number of anilines is 1. The summed E-state index contributed by atoms with van der Waals surface area (Å²) in [5.41, 5.74) is 1.78. The average molecular weight is 314 g/mol. The Morgan fingerprint density at radius 1 is 1.17 bits per heavy atom. The van der Waals surface area contributed by atoms with Gasteiger partial charge in [0.05, 0.1) is 12.0 Å². The number of ether oxygens (including phenoxy) is 1. The standard InChI is InChI=1S/C17H18N2O4/c1-11(2)12-4-6-13(7-5-12)17(20)18-14-8-9-16(23-3)15(10-14)19(21)22/h4-11H,1-3H3,(H,18,20). The van der Waals surface area contributed by atoms with E-state index in [9.17, 15) is 14.9 Å². The van der Waals surface area contributed by atoms with E-state index < -0.39 is 4.92 Å². The van der Waals surface area contributed by atoms with Crippen LogP contribution < -0.4 is 10.1 Å². The lowest BCUT2D eigenvalue weighted by atomic mass is 10.0. The zero-order chi connectivity index (χ0) is 17.0. The lowest BCUT2D eigenvalue weighted by Crippen LogP contribution is -2.12. The molecule has 0 aliphatic heterocycles. The molecule has 1 amide bonds. The minimum atomic E-state index is -0.550. The number of methoxy groups -OCH3 is 1. The molecule has 0 aliphatic rings. The van der Waals surface area contributed by atoms with E-state index in [1.54, 1.807) is 18.2 Å². The summed E-state index contributed by atoms with van der Waals surface area (Å²) in [4.78, 5) is 22.7. The molecule has 0 saturated heterocycles. The molecule has 0 heterocycles. The van der Waals surface area contributed by atoms with Crippen LogP contribution in [0.15, 0.2) is 42.5 Å². The van der Waals surface area contributed by atoms with Crippen LogP contribution >= 0.6 is 0 Å². The van der Waals surface area contributed by atoms with Crippen LogP contribution in [-0.4, -0.2) is 17.9 Å². The normalized spacial score (nSPS) is 10.4. The zero-order valence-corrected chi connectivity index (χ0v) is 13.2. The van der Waals surface area contributed by atoms with Gasteiger partial charge in [-0.2, -0.15) is 0 Å². The van der Waals surface area contributed by atoms with Crippen LogP contribution in [0.25, 0.3) is 0 Å². The van der Waals surface area contributed by atoms with E-state index in [2.05, 4.69) is 19.2 Å². The fourth-order valence-corrected chi connectivity index (χ4v) is 2.13. The van der Waals surface area contributed by atoms with Crippen LogP contribution in [0.5, 0.6) is 5.75 Å². The third kappa shape index (κ3) is 3.85. The minimum Gasteiger partial charge on any atom is -0.490 e. The first kappa shape index (κ1) is 16.5. The van der Waals surface area contributed by atoms with Crippen molar-refractivity contribution in [3.63, 3.8) is 0 Å². The number of amides is 1. The van der Waals surface area contributed by atoms with Gasteiger partial charge in [0.15, 0.2) is 5.75 Å². The summed E-state index contributed by atoms with van der Waals surface area (Å²) in [5, 5.41) is 13.7. The minimum absolute atomic E-state index is 0.147. The molecule has 2 aromatic carbocycles. The summed E-state index contributed by atoms with van der Waals surface area (Å²) in [7, 11) is 1.36. The predicted octanol–water partition coefficient (Wildman–Crippen LogP) is 3.98. The Bertz CT molecular complexity index is 724. The number of carbonyl (C=O) groups is 1. The van der Waals surface area contributed by atoms with Crippen molar-refractivity contribution in [3.05, 3.63) is 63.7 Å². The topological polar surface area (TPSA) is 81.5 Å². The van der Waals surface area contributed by atoms with Gasteiger partial charge >= 0.3 is 5.69 Å². The third-order valence-corrected chi connectivity index (χ3v) is 3.47. The molecule has 0 saturated carbocycles. The van der Waals surface area contributed by atoms with Crippen LogP contribution in [-0.2, 0) is 0 Å². The summed E-state index contributed by atoms with van der Waals surface area (Å²) in [6.07, 6.45) is 0. The predicted molar refractivity (Wildman–Crippen MR) is 88.1 cm³/mol. The maximum Gasteiger partial charge on any atom is 0.312 e. The van der Waals surface area contributed by atoms with E-state index in [4.69, 9.17) is 4.74 Å². The quantitative estimate of drug-likeness (QED) is 0.668. The number of nitro benzene ring substituents is 1. The highest BCUT2D eigenvalue weighted by molar-refractivity contribution is 6.04. The van der Waals surface area contributed by atoms with Gasteiger partial charge in [0, 0.05) is 17.3 Å². The third-order valence-electron chi connectivity index (χ3n) is 3.47. The molecule has 23 heavy (non-hydrogen) atoms. The van der Waals surface area contributed by atoms with Gasteiger partial charge in [-0.25, -0.2) is 0 Å². The second kappa shape index (κ2) is 6.91. The van der Waals surface area contributed by atoms with Crippen molar-refractivity contribution in [3.8, 4) is 5.75 Å². The number of rotatable bonds is 5. The summed E-state index contributed by atoms with van der Waals surface area (Å²) in [5.74, 6) is 0.213. The highest BCUT2D eigenvalue weighted by Crippen LogP contribution is 2.29. The van der Waals surface area contributed by atoms with Crippen molar-refractivity contribution in [1.29, 1.82) is 0 Å². The smallest absolute Gasteiger partial charge is 0.312 e. The summed E-state index contributed by atoms with van der Waals surface area (Å²) >= 11 is 0. The Balaban J connectivity index is 2.19. The second-order valence-electron chi connectivity index (χ2n) is 5.37. The van der Waals surface area contributed by atoms with Crippen LogP contribution in [0.3, 0.4) is 0 Å². The fourth-order valence-electron chi connectivity index (χ4n) is 2.13. The highest BCUT2D eigenvalue weighted by atomic mass is 16.6. The summed E-state index contributed by atoms with van der Waals surface area (Å²) < 4.78 is 4.93. The van der Waals surface area contributed by atoms with E-state index in [1.165, 1.54) is 19.2 Å². The van der Waals surface area contributed by atoms with Crippen LogP contribution in [0, 0.1) is 10.1 Å². The molecule has 0 spiro atoms. The molecule has 0 bridgehead atoms. The van der Waals surface area contributed by atoms with Gasteiger partial charge in [-0.05, 0) is 35.7 Å². The lowest BCUT2D eigenvalue weighted by molar-refractivity contribution is -0.385. The largest absolute Gasteiger partial charge is 0.490 e. The van der Waals surface area contributed by atoms with Crippen molar-refractivity contribution < 1.29 is 14.5 Å². The molecule has 0 radical (unpaired) electrons. The Morgan fingerprint density at radius 3 is 2.35 bits per heavy atom. The number of hydrogen-bond donors (Lipinski definition) is 1. The van der Waals surface area contributed by atoms with E-state index >= 15 is 0 Å². The van der Waals surface area contributed by atoms with Crippen LogP contribution in [0.4, 0.5) is 11.4 Å². The first-order valence-corrected chi connectivity index (χ1v) is 7.16. The van der Waals surface area contributed by atoms with E-state index in [0.717, 1.165) is 5.56 Å². The van der Waals surface area contributed by atoms with Crippen molar-refractivity contribution in [2.75, 3.05) is 12.4 Å². The van der Waals surface area contributed by atoms with Gasteiger partial charge in [0.2, 0.25) is 0 Å². The number of nitrogens with one attached hydrogen (secondary N) is 1.